The number of ether oxygens (including phenoxy) is 2. The lowest BCUT2D eigenvalue weighted by molar-refractivity contribution is -0.142. The summed E-state index contributed by atoms with van der Waals surface area (Å²) < 4.78 is 46.7. The predicted octanol–water partition coefficient (Wildman–Crippen LogP) is 3.27. The first-order chi connectivity index (χ1) is 8.97. The smallest absolute Gasteiger partial charge is 0.387 e. The SMILES string of the molecule is CCOC(=O)Cc1cc(CCl)c(OC(F)F)cc1F. The number of carbonyl (C=O) groups is 1. The van der Waals surface area contributed by atoms with Crippen molar-refractivity contribution in [1.29, 1.82) is 0 Å². The van der Waals surface area contributed by atoms with Crippen molar-refractivity contribution < 1.29 is 27.4 Å². The molecule has 0 atom stereocenters. The molecule has 7 heteroatoms. The zero-order valence-corrected chi connectivity index (χ0v) is 10.8. The summed E-state index contributed by atoms with van der Waals surface area (Å²) in [5.41, 5.74) is 0.207. The Morgan fingerprint density at radius 2 is 2.05 bits per heavy atom. The highest BCUT2D eigenvalue weighted by Crippen LogP contribution is 2.26. The van der Waals surface area contributed by atoms with Gasteiger partial charge >= 0.3 is 12.6 Å². The summed E-state index contributed by atoms with van der Waals surface area (Å²) in [5.74, 6) is -1.91. The van der Waals surface area contributed by atoms with Crippen LogP contribution in [-0.2, 0) is 21.8 Å². The summed E-state index contributed by atoms with van der Waals surface area (Å²) in [6.45, 7) is -1.27. The molecule has 0 saturated carbocycles. The monoisotopic (exact) mass is 296 g/mol. The van der Waals surface area contributed by atoms with Crippen molar-refractivity contribution in [2.75, 3.05) is 6.61 Å². The second-order valence-corrected chi connectivity index (χ2v) is 3.81. The minimum Gasteiger partial charge on any atom is -0.466 e. The second kappa shape index (κ2) is 7.23. The van der Waals surface area contributed by atoms with Crippen LogP contribution in [0.5, 0.6) is 5.75 Å². The maximum atomic E-state index is 13.6. The molecule has 0 fully saturated rings. The fourth-order valence-electron chi connectivity index (χ4n) is 1.46. The third kappa shape index (κ3) is 4.63. The average Bonchev–Trinajstić information content (AvgIpc) is 2.32. The second-order valence-electron chi connectivity index (χ2n) is 3.55. The Morgan fingerprint density at radius 1 is 1.37 bits per heavy atom. The standard InChI is InChI=1S/C12H12ClF3O3/c1-2-18-11(17)4-7-3-8(6-13)10(5-9(7)14)19-12(15)16/h3,5,12H,2,4,6H2,1H3. The molecule has 0 amide bonds. The summed E-state index contributed by atoms with van der Waals surface area (Å²) in [6, 6.07) is 2.01. The van der Waals surface area contributed by atoms with E-state index in [1.807, 2.05) is 0 Å². The van der Waals surface area contributed by atoms with Gasteiger partial charge in [0.25, 0.3) is 0 Å². The molecular weight excluding hydrogens is 285 g/mol. The minimum atomic E-state index is -3.07. The highest BCUT2D eigenvalue weighted by molar-refractivity contribution is 6.17. The molecule has 0 heterocycles. The van der Waals surface area contributed by atoms with E-state index in [-0.39, 0.29) is 35.8 Å². The number of benzene rings is 1. The van der Waals surface area contributed by atoms with Gasteiger partial charge < -0.3 is 9.47 Å². The lowest BCUT2D eigenvalue weighted by atomic mass is 10.1. The van der Waals surface area contributed by atoms with Crippen molar-refractivity contribution in [1.82, 2.24) is 0 Å². The lowest BCUT2D eigenvalue weighted by Gasteiger charge is -2.11. The van der Waals surface area contributed by atoms with Crippen LogP contribution in [0.4, 0.5) is 13.2 Å². The molecule has 1 aromatic carbocycles. The van der Waals surface area contributed by atoms with Crippen molar-refractivity contribution in [3.63, 3.8) is 0 Å². The summed E-state index contributed by atoms with van der Waals surface area (Å²) >= 11 is 5.57. The molecule has 0 aliphatic heterocycles. The van der Waals surface area contributed by atoms with Crippen molar-refractivity contribution >= 4 is 17.6 Å². The third-order valence-electron chi connectivity index (χ3n) is 2.23. The molecule has 0 radical (unpaired) electrons. The van der Waals surface area contributed by atoms with E-state index in [9.17, 15) is 18.0 Å². The number of esters is 1. The molecule has 0 aliphatic carbocycles. The fourth-order valence-corrected chi connectivity index (χ4v) is 1.67. The maximum Gasteiger partial charge on any atom is 0.387 e. The Bertz CT molecular complexity index is 452. The number of halogens is 4. The molecule has 0 unspecified atom stereocenters. The van der Waals surface area contributed by atoms with Gasteiger partial charge in [-0.1, -0.05) is 0 Å². The molecule has 1 rings (SSSR count). The molecule has 0 aliphatic rings. The van der Waals surface area contributed by atoms with Crippen LogP contribution in [0.1, 0.15) is 18.1 Å². The average molecular weight is 297 g/mol. The Hall–Kier alpha value is -1.43. The summed E-state index contributed by atoms with van der Waals surface area (Å²) in [4.78, 5) is 11.3. The van der Waals surface area contributed by atoms with Gasteiger partial charge in [-0.25, -0.2) is 4.39 Å². The van der Waals surface area contributed by atoms with Crippen LogP contribution in [0.15, 0.2) is 12.1 Å². The number of hydrogen-bond donors (Lipinski definition) is 0. The number of carbonyl (C=O) groups excluding carboxylic acids is 1. The van der Waals surface area contributed by atoms with Crippen LogP contribution >= 0.6 is 11.6 Å². The zero-order chi connectivity index (χ0) is 14.4. The summed E-state index contributed by atoms with van der Waals surface area (Å²) in [6.07, 6.45) is -0.293. The number of alkyl halides is 3. The Balaban J connectivity index is 2.98. The summed E-state index contributed by atoms with van der Waals surface area (Å²) in [7, 11) is 0. The molecular formula is C12H12ClF3O3. The van der Waals surface area contributed by atoms with E-state index < -0.39 is 18.4 Å². The van der Waals surface area contributed by atoms with E-state index in [0.717, 1.165) is 6.07 Å². The van der Waals surface area contributed by atoms with Crippen LogP contribution in [0.3, 0.4) is 0 Å². The first-order valence-corrected chi connectivity index (χ1v) is 5.99. The van der Waals surface area contributed by atoms with Gasteiger partial charge in [-0.2, -0.15) is 8.78 Å². The van der Waals surface area contributed by atoms with Gasteiger partial charge in [0.1, 0.15) is 11.6 Å². The van der Waals surface area contributed by atoms with E-state index in [1.165, 1.54) is 6.07 Å². The Kier molecular flexibility index (Phi) is 5.95. The quantitative estimate of drug-likeness (QED) is 0.597. The minimum absolute atomic E-state index is 0.0238. The van der Waals surface area contributed by atoms with E-state index in [1.54, 1.807) is 6.92 Å². The molecule has 1 aromatic rings. The van der Waals surface area contributed by atoms with Gasteiger partial charge in [0.05, 0.1) is 18.9 Å². The molecule has 0 aromatic heterocycles. The third-order valence-corrected chi connectivity index (χ3v) is 2.52. The number of rotatable bonds is 6. The Labute approximate surface area is 113 Å². The van der Waals surface area contributed by atoms with E-state index >= 15 is 0 Å². The van der Waals surface area contributed by atoms with Crippen molar-refractivity contribution in [3.8, 4) is 5.75 Å². The first kappa shape index (κ1) is 15.6. The molecule has 3 nitrogen and oxygen atoms in total. The van der Waals surface area contributed by atoms with E-state index in [2.05, 4.69) is 9.47 Å². The molecule has 0 N–H and O–H groups in total. The fraction of sp³-hybridized carbons (Fsp3) is 0.417. The molecule has 19 heavy (non-hydrogen) atoms. The van der Waals surface area contributed by atoms with Crippen LogP contribution in [0, 0.1) is 5.82 Å². The molecule has 0 saturated heterocycles. The van der Waals surface area contributed by atoms with Gasteiger partial charge in [-0.15, -0.1) is 11.6 Å². The zero-order valence-electron chi connectivity index (χ0n) is 10.1. The Morgan fingerprint density at radius 3 is 2.58 bits per heavy atom. The topological polar surface area (TPSA) is 35.5 Å². The molecule has 106 valence electrons. The van der Waals surface area contributed by atoms with Crippen LogP contribution in [-0.4, -0.2) is 19.2 Å². The van der Waals surface area contributed by atoms with Crippen LogP contribution < -0.4 is 4.74 Å². The van der Waals surface area contributed by atoms with Crippen molar-refractivity contribution in [2.24, 2.45) is 0 Å². The maximum absolute atomic E-state index is 13.6. The van der Waals surface area contributed by atoms with Gasteiger partial charge in [0, 0.05) is 11.6 Å². The van der Waals surface area contributed by atoms with Gasteiger partial charge in [-0.3, -0.25) is 4.79 Å². The van der Waals surface area contributed by atoms with E-state index in [4.69, 9.17) is 11.6 Å². The van der Waals surface area contributed by atoms with Crippen molar-refractivity contribution in [2.45, 2.75) is 25.8 Å². The van der Waals surface area contributed by atoms with E-state index in [0.29, 0.717) is 0 Å². The highest BCUT2D eigenvalue weighted by Gasteiger charge is 2.16. The molecule has 0 spiro atoms. The number of hydrogen-bond acceptors (Lipinski definition) is 3. The first-order valence-electron chi connectivity index (χ1n) is 5.45. The highest BCUT2D eigenvalue weighted by atomic mass is 35.5. The lowest BCUT2D eigenvalue weighted by Crippen LogP contribution is -2.10. The molecule has 0 bridgehead atoms. The van der Waals surface area contributed by atoms with Crippen LogP contribution in [0.25, 0.3) is 0 Å². The largest absolute Gasteiger partial charge is 0.466 e. The van der Waals surface area contributed by atoms with Gasteiger partial charge in [-0.05, 0) is 18.6 Å². The van der Waals surface area contributed by atoms with Gasteiger partial charge in [0.15, 0.2) is 0 Å². The van der Waals surface area contributed by atoms with Gasteiger partial charge in [0.2, 0.25) is 0 Å². The predicted molar refractivity (Wildman–Crippen MR) is 62.9 cm³/mol. The van der Waals surface area contributed by atoms with Crippen LogP contribution in [0.2, 0.25) is 0 Å². The van der Waals surface area contributed by atoms with Crippen molar-refractivity contribution in [3.05, 3.63) is 29.1 Å². The summed E-state index contributed by atoms with van der Waals surface area (Å²) in [5, 5.41) is 0. The normalized spacial score (nSPS) is 10.6.